The number of nitrogens with zero attached hydrogens (tertiary/aromatic N) is 1. The van der Waals surface area contributed by atoms with Crippen molar-refractivity contribution in [3.63, 3.8) is 0 Å². The summed E-state index contributed by atoms with van der Waals surface area (Å²) in [6, 6.07) is 5.36. The number of rotatable bonds is 3. The van der Waals surface area contributed by atoms with Crippen LogP contribution in [0.15, 0.2) is 18.2 Å². The molecular formula is C16H19N3O2S. The van der Waals surface area contributed by atoms with Crippen LogP contribution < -0.4 is 10.6 Å². The number of carbonyl (C=O) groups is 2. The summed E-state index contributed by atoms with van der Waals surface area (Å²) in [5.41, 5.74) is 1.40. The molecule has 0 radical (unpaired) electrons. The van der Waals surface area contributed by atoms with Crippen molar-refractivity contribution < 1.29 is 9.59 Å². The van der Waals surface area contributed by atoms with Crippen LogP contribution in [-0.4, -0.2) is 23.8 Å². The van der Waals surface area contributed by atoms with Gasteiger partial charge in [0.25, 0.3) is 5.91 Å². The van der Waals surface area contributed by atoms with Crippen molar-refractivity contribution in [1.82, 2.24) is 10.3 Å². The molecule has 2 aromatic rings. The normalized spacial score (nSPS) is 15.7. The molecule has 0 atom stereocenters. The lowest BCUT2D eigenvalue weighted by atomic mass is 9.89. The third-order valence-electron chi connectivity index (χ3n) is 4.08. The van der Waals surface area contributed by atoms with Crippen LogP contribution in [0.3, 0.4) is 0 Å². The van der Waals surface area contributed by atoms with Gasteiger partial charge in [-0.25, -0.2) is 4.98 Å². The number of benzene rings is 1. The molecule has 0 saturated heterocycles. The first-order valence-electron chi connectivity index (χ1n) is 7.61. The van der Waals surface area contributed by atoms with E-state index in [0.29, 0.717) is 10.7 Å². The Morgan fingerprint density at radius 3 is 2.73 bits per heavy atom. The zero-order valence-corrected chi connectivity index (χ0v) is 13.3. The van der Waals surface area contributed by atoms with Gasteiger partial charge >= 0.3 is 0 Å². The number of fused-ring (bicyclic) bond motifs is 1. The van der Waals surface area contributed by atoms with Crippen LogP contribution in [0.5, 0.6) is 0 Å². The van der Waals surface area contributed by atoms with Gasteiger partial charge in [0.2, 0.25) is 5.91 Å². The minimum Gasteiger partial charge on any atom is -0.355 e. The first-order chi connectivity index (χ1) is 10.7. The van der Waals surface area contributed by atoms with E-state index >= 15 is 0 Å². The van der Waals surface area contributed by atoms with Crippen LogP contribution in [0.2, 0.25) is 0 Å². The summed E-state index contributed by atoms with van der Waals surface area (Å²) in [5, 5.41) is 6.15. The molecule has 1 aliphatic rings. The summed E-state index contributed by atoms with van der Waals surface area (Å²) in [6.07, 6.45) is 5.43. The van der Waals surface area contributed by atoms with Crippen molar-refractivity contribution >= 4 is 38.5 Å². The molecule has 1 fully saturated rings. The minimum absolute atomic E-state index is 0.0743. The van der Waals surface area contributed by atoms with Crippen molar-refractivity contribution in [3.05, 3.63) is 23.8 Å². The number of hydrogen-bond donors (Lipinski definition) is 2. The second kappa shape index (κ2) is 6.44. The average Bonchev–Trinajstić information content (AvgIpc) is 2.96. The average molecular weight is 317 g/mol. The fourth-order valence-electron chi connectivity index (χ4n) is 2.84. The summed E-state index contributed by atoms with van der Waals surface area (Å²) in [5.74, 6) is 0.0653. The SMILES string of the molecule is CNC(=O)c1ccc2nc(NC(=O)C3CCCCC3)sc2c1. The van der Waals surface area contributed by atoms with Crippen molar-refractivity contribution in [1.29, 1.82) is 0 Å². The van der Waals surface area contributed by atoms with Crippen molar-refractivity contribution in [3.8, 4) is 0 Å². The predicted octanol–water partition coefficient (Wildman–Crippen LogP) is 3.17. The lowest BCUT2D eigenvalue weighted by Gasteiger charge is -2.19. The molecule has 2 amide bonds. The maximum Gasteiger partial charge on any atom is 0.251 e. The highest BCUT2D eigenvalue weighted by atomic mass is 32.1. The number of thiazole rings is 1. The van der Waals surface area contributed by atoms with Gasteiger partial charge in [-0.3, -0.25) is 9.59 Å². The van der Waals surface area contributed by atoms with Gasteiger partial charge in [-0.15, -0.1) is 0 Å². The number of carbonyl (C=O) groups excluding carboxylic acids is 2. The molecule has 2 N–H and O–H groups in total. The largest absolute Gasteiger partial charge is 0.355 e. The number of hydrogen-bond acceptors (Lipinski definition) is 4. The van der Waals surface area contributed by atoms with Crippen molar-refractivity contribution in [2.45, 2.75) is 32.1 Å². The molecule has 116 valence electrons. The van der Waals surface area contributed by atoms with E-state index in [1.54, 1.807) is 13.1 Å². The highest BCUT2D eigenvalue weighted by Crippen LogP contribution is 2.29. The Balaban J connectivity index is 1.76. The molecular weight excluding hydrogens is 298 g/mol. The van der Waals surface area contributed by atoms with Gasteiger partial charge in [-0.05, 0) is 31.0 Å². The van der Waals surface area contributed by atoms with Gasteiger partial charge < -0.3 is 10.6 Å². The topological polar surface area (TPSA) is 71.1 Å². The lowest BCUT2D eigenvalue weighted by molar-refractivity contribution is -0.120. The van der Waals surface area contributed by atoms with Gasteiger partial charge in [-0.1, -0.05) is 30.6 Å². The summed E-state index contributed by atoms with van der Waals surface area (Å²) in [7, 11) is 1.61. The zero-order valence-electron chi connectivity index (χ0n) is 12.5. The number of nitrogens with one attached hydrogen (secondary N) is 2. The monoisotopic (exact) mass is 317 g/mol. The second-order valence-electron chi connectivity index (χ2n) is 5.60. The number of amides is 2. The molecule has 1 aromatic heterocycles. The maximum atomic E-state index is 12.3. The summed E-state index contributed by atoms with van der Waals surface area (Å²) >= 11 is 1.41. The van der Waals surface area contributed by atoms with Gasteiger partial charge in [0.05, 0.1) is 10.2 Å². The number of aromatic nitrogens is 1. The molecule has 3 rings (SSSR count). The molecule has 0 spiro atoms. The Hall–Kier alpha value is -1.95. The second-order valence-corrected chi connectivity index (χ2v) is 6.64. The highest BCUT2D eigenvalue weighted by Gasteiger charge is 2.22. The van der Waals surface area contributed by atoms with E-state index in [2.05, 4.69) is 15.6 Å². The minimum atomic E-state index is -0.122. The van der Waals surface area contributed by atoms with Crippen molar-refractivity contribution in [2.24, 2.45) is 5.92 Å². The van der Waals surface area contributed by atoms with Crippen molar-refractivity contribution in [2.75, 3.05) is 12.4 Å². The summed E-state index contributed by atoms with van der Waals surface area (Å²) in [4.78, 5) is 28.3. The Morgan fingerprint density at radius 2 is 2.00 bits per heavy atom. The lowest BCUT2D eigenvalue weighted by Crippen LogP contribution is -2.24. The Kier molecular flexibility index (Phi) is 4.38. The third-order valence-corrected chi connectivity index (χ3v) is 5.02. The highest BCUT2D eigenvalue weighted by molar-refractivity contribution is 7.22. The van der Waals surface area contributed by atoms with E-state index in [-0.39, 0.29) is 17.7 Å². The van der Waals surface area contributed by atoms with E-state index in [4.69, 9.17) is 0 Å². The molecule has 0 bridgehead atoms. The quantitative estimate of drug-likeness (QED) is 0.913. The van der Waals surface area contributed by atoms with Gasteiger partial charge in [0.1, 0.15) is 0 Å². The van der Waals surface area contributed by atoms with E-state index < -0.39 is 0 Å². The zero-order chi connectivity index (χ0) is 15.5. The van der Waals surface area contributed by atoms with E-state index in [1.807, 2.05) is 12.1 Å². The van der Waals surface area contributed by atoms with Crippen LogP contribution in [0, 0.1) is 5.92 Å². The molecule has 0 unspecified atom stereocenters. The summed E-state index contributed by atoms with van der Waals surface area (Å²) < 4.78 is 0.903. The molecule has 0 aliphatic heterocycles. The maximum absolute atomic E-state index is 12.3. The Bertz CT molecular complexity index is 704. The van der Waals surface area contributed by atoms with E-state index in [0.717, 1.165) is 35.9 Å². The smallest absolute Gasteiger partial charge is 0.251 e. The Labute approximate surface area is 133 Å². The summed E-state index contributed by atoms with van der Waals surface area (Å²) in [6.45, 7) is 0. The van der Waals surface area contributed by atoms with E-state index in [9.17, 15) is 9.59 Å². The van der Waals surface area contributed by atoms with Crippen LogP contribution in [0.25, 0.3) is 10.2 Å². The molecule has 1 saturated carbocycles. The molecule has 1 aromatic carbocycles. The third kappa shape index (κ3) is 3.11. The molecule has 6 heteroatoms. The van der Waals surface area contributed by atoms with Crippen LogP contribution in [0.4, 0.5) is 5.13 Å². The Morgan fingerprint density at radius 1 is 1.23 bits per heavy atom. The molecule has 5 nitrogen and oxygen atoms in total. The van der Waals surface area contributed by atoms with Crippen LogP contribution in [0.1, 0.15) is 42.5 Å². The number of anilines is 1. The van der Waals surface area contributed by atoms with Gasteiger partial charge in [0.15, 0.2) is 5.13 Å². The fraction of sp³-hybridized carbons (Fsp3) is 0.438. The fourth-order valence-corrected chi connectivity index (χ4v) is 3.74. The standard InChI is InChI=1S/C16H19N3O2S/c1-17-14(20)11-7-8-12-13(9-11)22-16(18-12)19-15(21)10-5-3-2-4-6-10/h7-10H,2-6H2,1H3,(H,17,20)(H,18,19,21). The molecule has 22 heavy (non-hydrogen) atoms. The van der Waals surface area contributed by atoms with E-state index in [1.165, 1.54) is 17.8 Å². The first-order valence-corrected chi connectivity index (χ1v) is 8.42. The van der Waals surface area contributed by atoms with Crippen LogP contribution in [-0.2, 0) is 4.79 Å². The molecule has 1 aliphatic carbocycles. The predicted molar refractivity (Wildman–Crippen MR) is 88.2 cm³/mol. The van der Waals surface area contributed by atoms with Crippen LogP contribution >= 0.6 is 11.3 Å². The van der Waals surface area contributed by atoms with Gasteiger partial charge in [0, 0.05) is 18.5 Å². The first kappa shape index (κ1) is 15.0. The van der Waals surface area contributed by atoms with Gasteiger partial charge in [-0.2, -0.15) is 0 Å². The molecule has 1 heterocycles.